The molecule has 0 unspecified atom stereocenters. The number of primary amides is 1. The van der Waals surface area contributed by atoms with Gasteiger partial charge in [0.15, 0.2) is 0 Å². The predicted molar refractivity (Wildman–Crippen MR) is 69.1 cm³/mol. The lowest BCUT2D eigenvalue weighted by Gasteiger charge is -2.05. The molecular formula is C11H14N4OS. The van der Waals surface area contributed by atoms with Crippen LogP contribution < -0.4 is 11.5 Å². The molecule has 0 radical (unpaired) electrons. The van der Waals surface area contributed by atoms with Crippen molar-refractivity contribution < 1.29 is 4.79 Å². The molecule has 17 heavy (non-hydrogen) atoms. The van der Waals surface area contributed by atoms with Crippen LogP contribution >= 0.6 is 11.3 Å². The number of hydrogen-bond donors (Lipinski definition) is 2. The molecule has 0 saturated carbocycles. The smallest absolute Gasteiger partial charge is 0.260 e. The lowest BCUT2D eigenvalue weighted by Crippen LogP contribution is -2.10. The largest absolute Gasteiger partial charge is 0.397 e. The van der Waals surface area contributed by atoms with Gasteiger partial charge in [-0.2, -0.15) is 5.10 Å². The Bertz CT molecular complexity index is 591. The van der Waals surface area contributed by atoms with Gasteiger partial charge in [0.05, 0.1) is 11.4 Å². The zero-order valence-electron chi connectivity index (χ0n) is 9.78. The highest BCUT2D eigenvalue weighted by Gasteiger charge is 2.19. The number of fused-ring (bicyclic) bond motifs is 1. The van der Waals surface area contributed by atoms with Gasteiger partial charge in [0, 0.05) is 5.39 Å². The number of hydrogen-bond acceptors (Lipinski definition) is 5. The molecule has 0 aliphatic carbocycles. The van der Waals surface area contributed by atoms with Gasteiger partial charge in [-0.05, 0) is 18.4 Å². The second kappa shape index (κ2) is 4.29. The average Bonchev–Trinajstić information content (AvgIpc) is 2.66. The lowest BCUT2D eigenvalue weighted by atomic mass is 10.1. The molecule has 1 amide bonds. The van der Waals surface area contributed by atoms with Crippen LogP contribution in [0.3, 0.4) is 0 Å². The third-order valence-electron chi connectivity index (χ3n) is 2.75. The zero-order chi connectivity index (χ0) is 12.6. The summed E-state index contributed by atoms with van der Waals surface area (Å²) in [6.07, 6.45) is 1.61. The van der Waals surface area contributed by atoms with Gasteiger partial charge in [0.2, 0.25) is 0 Å². The third-order valence-corrected chi connectivity index (χ3v) is 3.85. The molecule has 90 valence electrons. The minimum atomic E-state index is -0.509. The van der Waals surface area contributed by atoms with E-state index < -0.39 is 5.91 Å². The fraction of sp³-hybridized carbons (Fsp3) is 0.364. The summed E-state index contributed by atoms with van der Waals surface area (Å²) in [5.41, 5.74) is 13.7. The minimum absolute atomic E-state index is 0.372. The van der Waals surface area contributed by atoms with E-state index in [-0.39, 0.29) is 0 Å². The number of anilines is 1. The molecule has 0 saturated heterocycles. The number of rotatable bonds is 3. The molecule has 0 aliphatic heterocycles. The number of aryl methyl sites for hydroxylation is 2. The highest BCUT2D eigenvalue weighted by Crippen LogP contribution is 2.35. The molecule has 2 heterocycles. The summed E-state index contributed by atoms with van der Waals surface area (Å²) >= 11 is 1.21. The van der Waals surface area contributed by atoms with E-state index in [1.165, 1.54) is 11.3 Å². The van der Waals surface area contributed by atoms with E-state index in [1.54, 1.807) is 0 Å². The van der Waals surface area contributed by atoms with E-state index in [1.807, 2.05) is 13.8 Å². The fourth-order valence-corrected chi connectivity index (χ4v) is 2.87. The van der Waals surface area contributed by atoms with Gasteiger partial charge in [-0.1, -0.05) is 13.8 Å². The first-order valence-electron chi connectivity index (χ1n) is 5.46. The van der Waals surface area contributed by atoms with Crippen LogP contribution in [0.5, 0.6) is 0 Å². The Morgan fingerprint density at radius 1 is 1.29 bits per heavy atom. The van der Waals surface area contributed by atoms with E-state index in [0.29, 0.717) is 15.4 Å². The third kappa shape index (κ3) is 1.74. The highest BCUT2D eigenvalue weighted by molar-refractivity contribution is 7.21. The second-order valence-electron chi connectivity index (χ2n) is 3.72. The van der Waals surface area contributed by atoms with Gasteiger partial charge in [0.25, 0.3) is 5.91 Å². The number of nitrogens with two attached hydrogens (primary N) is 2. The minimum Gasteiger partial charge on any atom is -0.397 e. The van der Waals surface area contributed by atoms with Crippen molar-refractivity contribution in [2.45, 2.75) is 26.7 Å². The highest BCUT2D eigenvalue weighted by atomic mass is 32.1. The van der Waals surface area contributed by atoms with E-state index in [9.17, 15) is 4.79 Å². The standard InChI is InChI=1S/C11H14N4OS/c1-3-5-6(4-2)14-15-11-7(5)8(12)9(17-11)10(13)16/h3-4,12H2,1-2H3,(H2,13,16). The molecule has 4 N–H and O–H groups in total. The second-order valence-corrected chi connectivity index (χ2v) is 4.72. The fourth-order valence-electron chi connectivity index (χ4n) is 1.95. The van der Waals surface area contributed by atoms with Crippen LogP contribution in [0.15, 0.2) is 0 Å². The Kier molecular flexibility index (Phi) is 2.97. The van der Waals surface area contributed by atoms with Gasteiger partial charge in [-0.3, -0.25) is 4.79 Å². The molecule has 5 nitrogen and oxygen atoms in total. The van der Waals surface area contributed by atoms with Gasteiger partial charge < -0.3 is 11.5 Å². The molecule has 2 aromatic heterocycles. The number of amides is 1. The molecule has 0 aliphatic rings. The summed E-state index contributed by atoms with van der Waals surface area (Å²) in [5, 5.41) is 9.11. The van der Waals surface area contributed by atoms with E-state index in [4.69, 9.17) is 11.5 Å². The number of nitrogens with zero attached hydrogens (tertiary/aromatic N) is 2. The molecule has 2 rings (SSSR count). The Morgan fingerprint density at radius 2 is 2.00 bits per heavy atom. The van der Waals surface area contributed by atoms with Crippen molar-refractivity contribution in [3.63, 3.8) is 0 Å². The Labute approximate surface area is 103 Å². The van der Waals surface area contributed by atoms with Crippen molar-refractivity contribution in [1.29, 1.82) is 0 Å². The van der Waals surface area contributed by atoms with Crippen LogP contribution in [-0.2, 0) is 12.8 Å². The van der Waals surface area contributed by atoms with Crippen molar-refractivity contribution in [2.75, 3.05) is 5.73 Å². The van der Waals surface area contributed by atoms with Crippen LogP contribution in [0.2, 0.25) is 0 Å². The SMILES string of the molecule is CCc1nnc2sc(C(N)=O)c(N)c2c1CC. The first-order valence-corrected chi connectivity index (χ1v) is 6.27. The maximum atomic E-state index is 11.2. The van der Waals surface area contributed by atoms with Crippen LogP contribution in [0.4, 0.5) is 5.69 Å². The van der Waals surface area contributed by atoms with E-state index in [0.717, 1.165) is 29.5 Å². The van der Waals surface area contributed by atoms with Gasteiger partial charge in [0.1, 0.15) is 9.71 Å². The first-order chi connectivity index (χ1) is 8.10. The molecular weight excluding hydrogens is 236 g/mol. The van der Waals surface area contributed by atoms with Crippen molar-refractivity contribution >= 4 is 33.1 Å². The summed E-state index contributed by atoms with van der Waals surface area (Å²) in [7, 11) is 0. The van der Waals surface area contributed by atoms with E-state index in [2.05, 4.69) is 10.2 Å². The maximum absolute atomic E-state index is 11.2. The molecule has 6 heteroatoms. The molecule has 2 aromatic rings. The van der Waals surface area contributed by atoms with Crippen LogP contribution in [-0.4, -0.2) is 16.1 Å². The van der Waals surface area contributed by atoms with Crippen molar-refractivity contribution in [1.82, 2.24) is 10.2 Å². The summed E-state index contributed by atoms with van der Waals surface area (Å²) < 4.78 is 0. The molecule has 0 atom stereocenters. The normalized spacial score (nSPS) is 10.9. The summed E-state index contributed by atoms with van der Waals surface area (Å²) in [4.78, 5) is 12.3. The van der Waals surface area contributed by atoms with Crippen molar-refractivity contribution in [2.24, 2.45) is 5.73 Å². The van der Waals surface area contributed by atoms with Crippen LogP contribution in [0.25, 0.3) is 10.2 Å². The zero-order valence-corrected chi connectivity index (χ0v) is 10.6. The monoisotopic (exact) mass is 250 g/mol. The van der Waals surface area contributed by atoms with Crippen LogP contribution in [0.1, 0.15) is 34.8 Å². The molecule has 0 aromatic carbocycles. The molecule has 0 fully saturated rings. The molecule has 0 bridgehead atoms. The van der Waals surface area contributed by atoms with E-state index >= 15 is 0 Å². The molecule has 0 spiro atoms. The average molecular weight is 250 g/mol. The Balaban J connectivity index is 2.84. The lowest BCUT2D eigenvalue weighted by molar-refractivity contribution is 0.100. The van der Waals surface area contributed by atoms with Crippen molar-refractivity contribution in [3.8, 4) is 0 Å². The summed E-state index contributed by atoms with van der Waals surface area (Å²) in [6, 6.07) is 0. The van der Waals surface area contributed by atoms with Crippen molar-refractivity contribution in [3.05, 3.63) is 16.1 Å². The maximum Gasteiger partial charge on any atom is 0.260 e. The number of aromatic nitrogens is 2. The quantitative estimate of drug-likeness (QED) is 0.862. The predicted octanol–water partition coefficient (Wildman–Crippen LogP) is 1.50. The van der Waals surface area contributed by atoms with Gasteiger partial charge >= 0.3 is 0 Å². The summed E-state index contributed by atoms with van der Waals surface area (Å²) in [5.74, 6) is -0.509. The van der Waals surface area contributed by atoms with Gasteiger partial charge in [-0.25, -0.2) is 0 Å². The van der Waals surface area contributed by atoms with Crippen LogP contribution in [0, 0.1) is 0 Å². The topological polar surface area (TPSA) is 94.9 Å². The number of carbonyl (C=O) groups excluding carboxylic acids is 1. The number of nitrogen functional groups attached to an aromatic ring is 1. The Hall–Kier alpha value is -1.69. The summed E-state index contributed by atoms with van der Waals surface area (Å²) in [6.45, 7) is 4.06. The Morgan fingerprint density at radius 3 is 2.53 bits per heavy atom. The number of thiophene rings is 1. The first kappa shape index (κ1) is 11.8. The van der Waals surface area contributed by atoms with Gasteiger partial charge in [-0.15, -0.1) is 16.4 Å². The number of carbonyl (C=O) groups is 1.